The smallest absolute Gasteiger partial charge is 0.128 e. The second kappa shape index (κ2) is 5.10. The Kier molecular flexibility index (Phi) is 3.46. The Hall–Kier alpha value is -1.13. The van der Waals surface area contributed by atoms with Crippen molar-refractivity contribution in [3.63, 3.8) is 0 Å². The molecule has 0 aliphatic carbocycles. The van der Waals surface area contributed by atoms with Crippen LogP contribution < -0.4 is 10.6 Å². The van der Waals surface area contributed by atoms with E-state index < -0.39 is 0 Å². The molecule has 2 fully saturated rings. The molecule has 2 bridgehead atoms. The lowest BCUT2D eigenvalue weighted by Crippen LogP contribution is -2.37. The minimum atomic E-state index is 0.0767. The number of hydrogen-bond acceptors (Lipinski definition) is 4. The van der Waals surface area contributed by atoms with Gasteiger partial charge < -0.3 is 10.6 Å². The minimum Gasteiger partial charge on any atom is -0.355 e. The Bertz CT molecular complexity index is 446. The number of nitrogens with two attached hydrogens (primary N) is 1. The van der Waals surface area contributed by atoms with Gasteiger partial charge in [-0.05, 0) is 50.9 Å². The molecule has 0 aromatic carbocycles. The van der Waals surface area contributed by atoms with Gasteiger partial charge in [-0.2, -0.15) is 0 Å². The molecule has 2 unspecified atom stereocenters. The van der Waals surface area contributed by atoms with Crippen LogP contribution in [0.1, 0.15) is 37.8 Å². The molecule has 2 aliphatic rings. The van der Waals surface area contributed by atoms with Crippen molar-refractivity contribution in [1.29, 1.82) is 0 Å². The third-order valence-corrected chi connectivity index (χ3v) is 4.77. The van der Waals surface area contributed by atoms with Gasteiger partial charge in [-0.3, -0.25) is 4.90 Å². The van der Waals surface area contributed by atoms with E-state index in [1.54, 1.807) is 0 Å². The van der Waals surface area contributed by atoms with Gasteiger partial charge in [0.2, 0.25) is 0 Å². The van der Waals surface area contributed by atoms with E-state index in [0.29, 0.717) is 6.04 Å². The van der Waals surface area contributed by atoms with Crippen molar-refractivity contribution in [3.8, 4) is 0 Å². The lowest BCUT2D eigenvalue weighted by molar-refractivity contribution is 0.254. The van der Waals surface area contributed by atoms with Crippen LogP contribution >= 0.6 is 0 Å². The summed E-state index contributed by atoms with van der Waals surface area (Å²) >= 11 is 0. The monoisotopic (exact) mass is 260 g/mol. The number of anilines is 1. The van der Waals surface area contributed by atoms with E-state index in [9.17, 15) is 0 Å². The molecule has 4 nitrogen and oxygen atoms in total. The molecule has 0 spiro atoms. The second-order valence-electron chi connectivity index (χ2n) is 6.02. The first-order valence-corrected chi connectivity index (χ1v) is 7.33. The summed E-state index contributed by atoms with van der Waals surface area (Å²) in [5, 5.41) is 0. The van der Waals surface area contributed by atoms with Gasteiger partial charge in [0.15, 0.2) is 0 Å². The van der Waals surface area contributed by atoms with E-state index in [0.717, 1.165) is 24.9 Å². The van der Waals surface area contributed by atoms with E-state index in [-0.39, 0.29) is 6.04 Å². The third kappa shape index (κ3) is 2.47. The fraction of sp³-hybridized carbons (Fsp3) is 0.667. The molecule has 2 aliphatic heterocycles. The highest BCUT2D eigenvalue weighted by Gasteiger charge is 2.34. The van der Waals surface area contributed by atoms with E-state index in [1.165, 1.54) is 24.8 Å². The van der Waals surface area contributed by atoms with Gasteiger partial charge in [-0.25, -0.2) is 4.98 Å². The van der Waals surface area contributed by atoms with Gasteiger partial charge in [0.1, 0.15) is 5.82 Å². The maximum absolute atomic E-state index is 5.97. The third-order valence-electron chi connectivity index (χ3n) is 4.77. The topological polar surface area (TPSA) is 45.4 Å². The SMILES string of the molecule is C[C@H](N)c1ccnc(N2CCC3CCC(C2)N3C)c1. The molecule has 4 heteroatoms. The largest absolute Gasteiger partial charge is 0.355 e. The average molecular weight is 260 g/mol. The summed E-state index contributed by atoms with van der Waals surface area (Å²) in [6.45, 7) is 4.24. The van der Waals surface area contributed by atoms with Gasteiger partial charge in [0.25, 0.3) is 0 Å². The predicted octanol–water partition coefficient (Wildman–Crippen LogP) is 1.77. The Labute approximate surface area is 115 Å². The average Bonchev–Trinajstić information content (AvgIpc) is 2.63. The zero-order valence-corrected chi connectivity index (χ0v) is 11.9. The van der Waals surface area contributed by atoms with Crippen molar-refractivity contribution in [2.45, 2.75) is 44.3 Å². The van der Waals surface area contributed by atoms with E-state index in [1.807, 2.05) is 19.2 Å². The van der Waals surface area contributed by atoms with Gasteiger partial charge >= 0.3 is 0 Å². The first kappa shape index (κ1) is 12.9. The van der Waals surface area contributed by atoms with Crippen LogP contribution in [-0.2, 0) is 0 Å². The number of aromatic nitrogens is 1. The molecule has 1 aromatic rings. The van der Waals surface area contributed by atoms with Crippen LogP contribution in [-0.4, -0.2) is 42.1 Å². The lowest BCUT2D eigenvalue weighted by Gasteiger charge is -2.27. The van der Waals surface area contributed by atoms with Gasteiger partial charge in [0.05, 0.1) is 0 Å². The predicted molar refractivity (Wildman–Crippen MR) is 78.2 cm³/mol. The first-order chi connectivity index (χ1) is 9.15. The number of fused-ring (bicyclic) bond motifs is 2. The Morgan fingerprint density at radius 2 is 2.11 bits per heavy atom. The summed E-state index contributed by atoms with van der Waals surface area (Å²) in [6, 6.07) is 5.71. The number of hydrogen-bond donors (Lipinski definition) is 1. The van der Waals surface area contributed by atoms with Crippen LogP contribution in [0.3, 0.4) is 0 Å². The fourth-order valence-electron chi connectivity index (χ4n) is 3.41. The van der Waals surface area contributed by atoms with Gasteiger partial charge in [-0.1, -0.05) is 0 Å². The number of pyridine rings is 1. The van der Waals surface area contributed by atoms with Gasteiger partial charge in [-0.15, -0.1) is 0 Å². The van der Waals surface area contributed by atoms with Crippen molar-refractivity contribution in [2.24, 2.45) is 5.73 Å². The van der Waals surface area contributed by atoms with Crippen molar-refractivity contribution in [2.75, 3.05) is 25.0 Å². The summed E-state index contributed by atoms with van der Waals surface area (Å²) in [5.41, 5.74) is 7.14. The summed E-state index contributed by atoms with van der Waals surface area (Å²) in [7, 11) is 2.28. The summed E-state index contributed by atoms with van der Waals surface area (Å²) in [4.78, 5) is 9.55. The summed E-state index contributed by atoms with van der Waals surface area (Å²) < 4.78 is 0. The fourth-order valence-corrected chi connectivity index (χ4v) is 3.41. The van der Waals surface area contributed by atoms with Gasteiger partial charge in [0, 0.05) is 37.4 Å². The minimum absolute atomic E-state index is 0.0767. The van der Waals surface area contributed by atoms with Crippen LogP contribution in [0.4, 0.5) is 5.82 Å². The van der Waals surface area contributed by atoms with Crippen LogP contribution in [0.15, 0.2) is 18.3 Å². The van der Waals surface area contributed by atoms with Crippen LogP contribution in [0.2, 0.25) is 0 Å². The standard InChI is InChI=1S/C15H24N4/c1-11(16)12-5-7-17-15(9-12)19-8-6-13-3-4-14(10-19)18(13)2/h5,7,9,11,13-14H,3-4,6,8,10,16H2,1-2H3/t11-,13?,14?/m0/s1. The van der Waals surface area contributed by atoms with Crippen LogP contribution in [0.25, 0.3) is 0 Å². The zero-order chi connectivity index (χ0) is 13.4. The van der Waals surface area contributed by atoms with Crippen molar-refractivity contribution in [3.05, 3.63) is 23.9 Å². The first-order valence-electron chi connectivity index (χ1n) is 7.33. The van der Waals surface area contributed by atoms with Crippen LogP contribution in [0.5, 0.6) is 0 Å². The van der Waals surface area contributed by atoms with E-state index in [2.05, 4.69) is 27.9 Å². The molecule has 19 heavy (non-hydrogen) atoms. The molecule has 2 N–H and O–H groups in total. The molecule has 3 heterocycles. The van der Waals surface area contributed by atoms with E-state index >= 15 is 0 Å². The van der Waals surface area contributed by atoms with Crippen molar-refractivity contribution >= 4 is 5.82 Å². The Balaban J connectivity index is 1.81. The Morgan fingerprint density at radius 3 is 2.89 bits per heavy atom. The second-order valence-corrected chi connectivity index (χ2v) is 6.02. The molecule has 3 atom stereocenters. The highest BCUT2D eigenvalue weighted by molar-refractivity contribution is 5.42. The normalized spacial score (nSPS) is 29.3. The molecule has 104 valence electrons. The quantitative estimate of drug-likeness (QED) is 0.880. The highest BCUT2D eigenvalue weighted by Crippen LogP contribution is 2.30. The number of rotatable bonds is 2. The Morgan fingerprint density at radius 1 is 1.32 bits per heavy atom. The molecule has 0 saturated carbocycles. The zero-order valence-electron chi connectivity index (χ0n) is 11.9. The lowest BCUT2D eigenvalue weighted by atomic mass is 10.1. The maximum Gasteiger partial charge on any atom is 0.128 e. The summed E-state index contributed by atoms with van der Waals surface area (Å²) in [6.07, 6.45) is 5.82. The molecular weight excluding hydrogens is 236 g/mol. The van der Waals surface area contributed by atoms with Crippen LogP contribution in [0, 0.1) is 0 Å². The molecule has 0 amide bonds. The number of likely N-dealkylation sites (N-methyl/N-ethyl adjacent to an activating group) is 1. The molecule has 1 aromatic heterocycles. The van der Waals surface area contributed by atoms with E-state index in [4.69, 9.17) is 5.73 Å². The maximum atomic E-state index is 5.97. The highest BCUT2D eigenvalue weighted by atomic mass is 15.3. The number of nitrogens with zero attached hydrogens (tertiary/aromatic N) is 3. The van der Waals surface area contributed by atoms with Crippen molar-refractivity contribution < 1.29 is 0 Å². The molecule has 0 radical (unpaired) electrons. The molecule has 3 rings (SSSR count). The van der Waals surface area contributed by atoms with Crippen molar-refractivity contribution in [1.82, 2.24) is 9.88 Å². The summed E-state index contributed by atoms with van der Waals surface area (Å²) in [5.74, 6) is 1.09. The molecule has 2 saturated heterocycles. The molecular formula is C15H24N4.